The molecule has 0 aliphatic carbocycles. The van der Waals surface area contributed by atoms with E-state index in [0.717, 1.165) is 28.8 Å². The molecule has 2 aromatic carbocycles. The van der Waals surface area contributed by atoms with Gasteiger partial charge in [-0.1, -0.05) is 38.1 Å². The summed E-state index contributed by atoms with van der Waals surface area (Å²) >= 11 is 0. The molecule has 6 heteroatoms. The van der Waals surface area contributed by atoms with Crippen LogP contribution in [0.4, 0.5) is 5.69 Å². The number of carbonyl (C=O) groups excluding carboxylic acids is 2. The second kappa shape index (κ2) is 10.2. The fourth-order valence-corrected chi connectivity index (χ4v) is 3.28. The molecule has 0 aromatic heterocycles. The highest BCUT2D eigenvalue weighted by molar-refractivity contribution is 5.97. The molecule has 0 bridgehead atoms. The second-order valence-electron chi connectivity index (χ2n) is 7.85. The smallest absolute Gasteiger partial charge is 0.331 e. The Morgan fingerprint density at radius 1 is 1.06 bits per heavy atom. The Bertz CT molecular complexity index is 980. The van der Waals surface area contributed by atoms with Crippen molar-refractivity contribution in [3.05, 3.63) is 59.2 Å². The van der Waals surface area contributed by atoms with E-state index in [9.17, 15) is 9.59 Å². The SMILES string of the molecule is Cc1cccc(C(C)C)c1NC(=O)[C@H](C)OC(=O)/C=C/c1ccc2c(c1)OCCCO2. The van der Waals surface area contributed by atoms with Gasteiger partial charge in [-0.15, -0.1) is 0 Å². The van der Waals surface area contributed by atoms with Crippen molar-refractivity contribution in [3.63, 3.8) is 0 Å². The normalized spacial score (nSPS) is 14.2. The highest BCUT2D eigenvalue weighted by Gasteiger charge is 2.19. The van der Waals surface area contributed by atoms with E-state index in [1.54, 1.807) is 13.0 Å². The zero-order valence-electron chi connectivity index (χ0n) is 18.4. The predicted octanol–water partition coefficient (Wildman–Crippen LogP) is 4.86. The molecule has 1 N–H and O–H groups in total. The number of para-hydroxylation sites is 1. The summed E-state index contributed by atoms with van der Waals surface area (Å²) in [6, 6.07) is 11.4. The van der Waals surface area contributed by atoms with Gasteiger partial charge in [-0.25, -0.2) is 4.79 Å². The summed E-state index contributed by atoms with van der Waals surface area (Å²) in [5.74, 6) is 0.642. The molecule has 1 aliphatic heterocycles. The first kappa shape index (κ1) is 22.4. The van der Waals surface area contributed by atoms with Crippen LogP contribution in [-0.4, -0.2) is 31.2 Å². The van der Waals surface area contributed by atoms with Gasteiger partial charge < -0.3 is 19.5 Å². The summed E-state index contributed by atoms with van der Waals surface area (Å²) in [6.45, 7) is 8.85. The number of benzene rings is 2. The van der Waals surface area contributed by atoms with E-state index < -0.39 is 12.1 Å². The lowest BCUT2D eigenvalue weighted by Gasteiger charge is -2.18. The Morgan fingerprint density at radius 3 is 2.55 bits per heavy atom. The highest BCUT2D eigenvalue weighted by Crippen LogP contribution is 2.31. The van der Waals surface area contributed by atoms with Gasteiger partial charge in [-0.2, -0.15) is 0 Å². The van der Waals surface area contributed by atoms with Crippen LogP contribution in [0.5, 0.6) is 11.5 Å². The van der Waals surface area contributed by atoms with Gasteiger partial charge in [0.2, 0.25) is 0 Å². The van der Waals surface area contributed by atoms with Gasteiger partial charge in [-0.3, -0.25) is 4.79 Å². The molecule has 6 nitrogen and oxygen atoms in total. The molecular formula is C25H29NO5. The molecule has 2 aromatic rings. The van der Waals surface area contributed by atoms with E-state index in [2.05, 4.69) is 19.2 Å². The van der Waals surface area contributed by atoms with E-state index in [0.29, 0.717) is 24.7 Å². The number of anilines is 1. The number of hydrogen-bond donors (Lipinski definition) is 1. The van der Waals surface area contributed by atoms with Crippen molar-refractivity contribution in [2.45, 2.75) is 46.1 Å². The summed E-state index contributed by atoms with van der Waals surface area (Å²) in [4.78, 5) is 24.8. The zero-order chi connectivity index (χ0) is 22.4. The van der Waals surface area contributed by atoms with Crippen LogP contribution < -0.4 is 14.8 Å². The number of fused-ring (bicyclic) bond motifs is 1. The maximum absolute atomic E-state index is 12.6. The average Bonchev–Trinajstić information content (AvgIpc) is 2.98. The van der Waals surface area contributed by atoms with E-state index in [1.807, 2.05) is 43.3 Å². The monoisotopic (exact) mass is 423 g/mol. The van der Waals surface area contributed by atoms with Gasteiger partial charge in [0, 0.05) is 18.2 Å². The van der Waals surface area contributed by atoms with Crippen LogP contribution in [0.15, 0.2) is 42.5 Å². The van der Waals surface area contributed by atoms with Crippen molar-refractivity contribution in [1.29, 1.82) is 0 Å². The Labute approximate surface area is 183 Å². The van der Waals surface area contributed by atoms with Crippen molar-refractivity contribution in [3.8, 4) is 11.5 Å². The van der Waals surface area contributed by atoms with E-state index in [1.165, 1.54) is 6.08 Å². The van der Waals surface area contributed by atoms with Crippen molar-refractivity contribution in [1.82, 2.24) is 0 Å². The molecule has 0 spiro atoms. The van der Waals surface area contributed by atoms with Crippen LogP contribution in [0.25, 0.3) is 6.08 Å². The third-order valence-electron chi connectivity index (χ3n) is 5.02. The molecule has 0 saturated heterocycles. The quantitative estimate of drug-likeness (QED) is 0.530. The number of rotatable bonds is 6. The summed E-state index contributed by atoms with van der Waals surface area (Å²) < 4.78 is 16.5. The number of ether oxygens (including phenoxy) is 3. The Kier molecular flexibility index (Phi) is 7.34. The molecule has 0 radical (unpaired) electrons. The van der Waals surface area contributed by atoms with Crippen LogP contribution in [0.3, 0.4) is 0 Å². The summed E-state index contributed by atoms with van der Waals surface area (Å²) in [5, 5.41) is 2.91. The van der Waals surface area contributed by atoms with E-state index in [-0.39, 0.29) is 11.8 Å². The summed E-state index contributed by atoms with van der Waals surface area (Å²) in [7, 11) is 0. The van der Waals surface area contributed by atoms with Crippen LogP contribution in [-0.2, 0) is 14.3 Å². The van der Waals surface area contributed by atoms with Crippen molar-refractivity contribution in [2.24, 2.45) is 0 Å². The average molecular weight is 424 g/mol. The number of nitrogens with one attached hydrogen (secondary N) is 1. The lowest BCUT2D eigenvalue weighted by atomic mass is 9.98. The molecule has 1 heterocycles. The molecule has 3 rings (SSSR count). The molecule has 164 valence electrons. The van der Waals surface area contributed by atoms with E-state index >= 15 is 0 Å². The zero-order valence-corrected chi connectivity index (χ0v) is 18.4. The standard InChI is InChI=1S/C25H29NO5/c1-16(2)20-8-5-7-17(3)24(20)26-25(28)18(4)31-23(27)12-10-19-9-11-21-22(15-19)30-14-6-13-29-21/h5,7-12,15-16,18H,6,13-14H2,1-4H3,(H,26,28)/b12-10+/t18-/m0/s1. The Balaban J connectivity index is 1.61. The van der Waals surface area contributed by atoms with Crippen LogP contribution >= 0.6 is 0 Å². The number of hydrogen-bond acceptors (Lipinski definition) is 5. The number of amides is 1. The Hall–Kier alpha value is -3.28. The minimum Gasteiger partial charge on any atom is -0.490 e. The fourth-order valence-electron chi connectivity index (χ4n) is 3.28. The van der Waals surface area contributed by atoms with E-state index in [4.69, 9.17) is 14.2 Å². The number of carbonyl (C=O) groups is 2. The number of aryl methyl sites for hydroxylation is 1. The second-order valence-corrected chi connectivity index (χ2v) is 7.85. The molecule has 1 amide bonds. The van der Waals surface area contributed by atoms with Gasteiger partial charge in [0.25, 0.3) is 5.91 Å². The molecule has 0 unspecified atom stereocenters. The third kappa shape index (κ3) is 5.87. The van der Waals surface area contributed by atoms with Crippen molar-refractivity contribution >= 4 is 23.6 Å². The molecule has 31 heavy (non-hydrogen) atoms. The minimum absolute atomic E-state index is 0.256. The maximum atomic E-state index is 12.6. The largest absolute Gasteiger partial charge is 0.490 e. The summed E-state index contributed by atoms with van der Waals surface area (Å²) in [6.07, 6.45) is 2.82. The van der Waals surface area contributed by atoms with Crippen molar-refractivity contribution < 1.29 is 23.8 Å². The fraction of sp³-hybridized carbons (Fsp3) is 0.360. The van der Waals surface area contributed by atoms with Crippen LogP contribution in [0, 0.1) is 6.92 Å². The molecule has 1 atom stereocenters. The first-order valence-corrected chi connectivity index (χ1v) is 10.5. The predicted molar refractivity (Wildman–Crippen MR) is 121 cm³/mol. The molecule has 0 fully saturated rings. The van der Waals surface area contributed by atoms with Gasteiger partial charge in [0.1, 0.15) is 0 Å². The lowest BCUT2D eigenvalue weighted by Crippen LogP contribution is -2.30. The third-order valence-corrected chi connectivity index (χ3v) is 5.02. The molecule has 0 saturated carbocycles. The number of esters is 1. The Morgan fingerprint density at radius 2 is 1.81 bits per heavy atom. The first-order valence-electron chi connectivity index (χ1n) is 10.5. The van der Waals surface area contributed by atoms with Crippen LogP contribution in [0.2, 0.25) is 0 Å². The van der Waals surface area contributed by atoms with Crippen molar-refractivity contribution in [2.75, 3.05) is 18.5 Å². The van der Waals surface area contributed by atoms with Crippen LogP contribution in [0.1, 0.15) is 49.8 Å². The van der Waals surface area contributed by atoms with Gasteiger partial charge >= 0.3 is 5.97 Å². The van der Waals surface area contributed by atoms with Gasteiger partial charge in [0.15, 0.2) is 17.6 Å². The first-order chi connectivity index (χ1) is 14.8. The minimum atomic E-state index is -0.930. The lowest BCUT2D eigenvalue weighted by molar-refractivity contribution is -0.148. The topological polar surface area (TPSA) is 73.9 Å². The molecular weight excluding hydrogens is 394 g/mol. The highest BCUT2D eigenvalue weighted by atomic mass is 16.5. The molecule has 1 aliphatic rings. The summed E-state index contributed by atoms with van der Waals surface area (Å²) in [5.41, 5.74) is 3.56. The maximum Gasteiger partial charge on any atom is 0.331 e. The van der Waals surface area contributed by atoms with Gasteiger partial charge in [-0.05, 0) is 54.7 Å². The van der Waals surface area contributed by atoms with Gasteiger partial charge in [0.05, 0.1) is 13.2 Å².